The molecule has 0 saturated carbocycles. The molecule has 0 aromatic heterocycles. The lowest BCUT2D eigenvalue weighted by Gasteiger charge is -2.31. The molecule has 1 amide bonds. The summed E-state index contributed by atoms with van der Waals surface area (Å²) in [5.74, 6) is 0.0957. The number of methoxy groups -OCH3 is 1. The number of carbonyl (C=O) groups excluding carboxylic acids is 2. The molecule has 0 bridgehead atoms. The zero-order valence-corrected chi connectivity index (χ0v) is 18.3. The molecule has 154 valence electrons. The summed E-state index contributed by atoms with van der Waals surface area (Å²) < 4.78 is 16.9. The Morgan fingerprint density at radius 3 is 2.72 bits per heavy atom. The highest BCUT2D eigenvalue weighted by Crippen LogP contribution is 2.37. The molecule has 1 aliphatic heterocycles. The lowest BCUT2D eigenvalue weighted by molar-refractivity contribution is -0.126. The van der Waals surface area contributed by atoms with E-state index in [4.69, 9.17) is 14.2 Å². The highest BCUT2D eigenvalue weighted by atomic mass is 79.9. The van der Waals surface area contributed by atoms with Crippen LogP contribution in [-0.2, 0) is 16.0 Å². The summed E-state index contributed by atoms with van der Waals surface area (Å²) in [4.78, 5) is 27.3. The Bertz CT molecular complexity index is 914. The van der Waals surface area contributed by atoms with Gasteiger partial charge in [-0.2, -0.15) is 0 Å². The highest BCUT2D eigenvalue weighted by molar-refractivity contribution is 9.10. The van der Waals surface area contributed by atoms with Crippen LogP contribution >= 0.6 is 15.9 Å². The Hall–Kier alpha value is -2.54. The zero-order valence-electron chi connectivity index (χ0n) is 16.7. The van der Waals surface area contributed by atoms with Crippen LogP contribution < -0.4 is 14.4 Å². The van der Waals surface area contributed by atoms with Crippen LogP contribution in [-0.4, -0.2) is 38.2 Å². The minimum Gasteiger partial charge on any atom is -0.493 e. The number of anilines is 1. The first-order valence-electron chi connectivity index (χ1n) is 9.56. The predicted octanol–water partition coefficient (Wildman–Crippen LogP) is 4.38. The van der Waals surface area contributed by atoms with E-state index < -0.39 is 12.1 Å². The second-order valence-electron chi connectivity index (χ2n) is 6.69. The van der Waals surface area contributed by atoms with Gasteiger partial charge < -0.3 is 19.1 Å². The van der Waals surface area contributed by atoms with E-state index >= 15 is 0 Å². The van der Waals surface area contributed by atoms with Gasteiger partial charge in [0.1, 0.15) is 0 Å². The van der Waals surface area contributed by atoms with E-state index in [1.165, 1.54) is 7.11 Å². The number of halogens is 1. The van der Waals surface area contributed by atoms with Crippen molar-refractivity contribution in [3.05, 3.63) is 52.0 Å². The lowest BCUT2D eigenvalue weighted by atomic mass is 10.0. The third-order valence-electron chi connectivity index (χ3n) is 4.76. The van der Waals surface area contributed by atoms with E-state index in [-0.39, 0.29) is 11.5 Å². The molecule has 2 aromatic carbocycles. The van der Waals surface area contributed by atoms with Crippen molar-refractivity contribution in [3.8, 4) is 11.5 Å². The van der Waals surface area contributed by atoms with E-state index in [9.17, 15) is 9.59 Å². The predicted molar refractivity (Wildman–Crippen MR) is 114 cm³/mol. The quantitative estimate of drug-likeness (QED) is 0.597. The van der Waals surface area contributed by atoms with Crippen molar-refractivity contribution in [2.45, 2.75) is 32.8 Å². The van der Waals surface area contributed by atoms with Gasteiger partial charge in [-0.05, 0) is 66.4 Å². The molecular formula is C22H24BrNO5. The number of hydrogen-bond donors (Lipinski definition) is 0. The number of para-hydroxylation sites is 1. The third-order valence-corrected chi connectivity index (χ3v) is 5.35. The second-order valence-corrected chi connectivity index (χ2v) is 7.55. The Morgan fingerprint density at radius 1 is 1.24 bits per heavy atom. The number of amides is 1. The number of nitrogens with zero attached hydrogens (tertiary/aromatic N) is 1. The number of benzene rings is 2. The van der Waals surface area contributed by atoms with Gasteiger partial charge in [-0.15, -0.1) is 0 Å². The summed E-state index contributed by atoms with van der Waals surface area (Å²) in [5, 5.41) is 0. The van der Waals surface area contributed by atoms with Crippen LogP contribution in [0.2, 0.25) is 0 Å². The van der Waals surface area contributed by atoms with Gasteiger partial charge in [0.15, 0.2) is 17.6 Å². The summed E-state index contributed by atoms with van der Waals surface area (Å²) >= 11 is 3.40. The van der Waals surface area contributed by atoms with Crippen LogP contribution in [0.1, 0.15) is 36.2 Å². The Kier molecular flexibility index (Phi) is 6.79. The van der Waals surface area contributed by atoms with Crippen molar-refractivity contribution in [2.24, 2.45) is 0 Å². The molecule has 1 unspecified atom stereocenters. The smallest absolute Gasteiger partial charge is 0.339 e. The van der Waals surface area contributed by atoms with Gasteiger partial charge in [0.05, 0.1) is 23.8 Å². The van der Waals surface area contributed by atoms with Crippen LogP contribution in [0.5, 0.6) is 11.5 Å². The summed E-state index contributed by atoms with van der Waals surface area (Å²) in [6.07, 6.45) is 0.908. The van der Waals surface area contributed by atoms with Crippen molar-refractivity contribution in [1.82, 2.24) is 0 Å². The molecule has 2 aromatic rings. The van der Waals surface area contributed by atoms with Gasteiger partial charge in [-0.3, -0.25) is 4.79 Å². The Labute approximate surface area is 178 Å². The summed E-state index contributed by atoms with van der Waals surface area (Å²) in [6.45, 7) is 4.53. The maximum Gasteiger partial charge on any atom is 0.339 e. The lowest BCUT2D eigenvalue weighted by Crippen LogP contribution is -2.42. The number of ether oxygens (including phenoxy) is 3. The standard InChI is InChI=1S/C22H24BrNO5/c1-4-28-20-17(23)12-16(13-19(20)27-3)22(26)29-14(2)21(25)24-11-7-9-15-8-5-6-10-18(15)24/h5-6,8,10,12-14H,4,7,9,11H2,1-3H3. The van der Waals surface area contributed by atoms with Crippen molar-refractivity contribution >= 4 is 33.5 Å². The molecule has 0 aliphatic carbocycles. The maximum atomic E-state index is 13.0. The van der Waals surface area contributed by atoms with Crippen LogP contribution in [0.15, 0.2) is 40.9 Å². The van der Waals surface area contributed by atoms with E-state index in [0.717, 1.165) is 24.1 Å². The van der Waals surface area contributed by atoms with Gasteiger partial charge in [0.25, 0.3) is 5.91 Å². The van der Waals surface area contributed by atoms with Crippen LogP contribution in [0.4, 0.5) is 5.69 Å². The molecule has 0 N–H and O–H groups in total. The molecule has 0 fully saturated rings. The number of esters is 1. The van der Waals surface area contributed by atoms with Gasteiger partial charge in [0, 0.05) is 12.2 Å². The Balaban J connectivity index is 1.76. The first-order chi connectivity index (χ1) is 14.0. The Morgan fingerprint density at radius 2 is 2.00 bits per heavy atom. The monoisotopic (exact) mass is 461 g/mol. The largest absolute Gasteiger partial charge is 0.493 e. The molecule has 6 nitrogen and oxygen atoms in total. The number of rotatable bonds is 6. The fourth-order valence-corrected chi connectivity index (χ4v) is 3.94. The fourth-order valence-electron chi connectivity index (χ4n) is 3.38. The maximum absolute atomic E-state index is 13.0. The molecule has 0 saturated heterocycles. The second kappa shape index (κ2) is 9.31. The van der Waals surface area contributed by atoms with Crippen LogP contribution in [0.25, 0.3) is 0 Å². The minimum absolute atomic E-state index is 0.234. The molecule has 29 heavy (non-hydrogen) atoms. The minimum atomic E-state index is -0.912. The first-order valence-corrected chi connectivity index (χ1v) is 10.4. The average molecular weight is 462 g/mol. The fraction of sp³-hybridized carbons (Fsp3) is 0.364. The third kappa shape index (κ3) is 4.56. The average Bonchev–Trinajstić information content (AvgIpc) is 2.73. The molecule has 3 rings (SSSR count). The van der Waals surface area contributed by atoms with E-state index in [0.29, 0.717) is 29.1 Å². The number of hydrogen-bond acceptors (Lipinski definition) is 5. The summed E-state index contributed by atoms with van der Waals surface area (Å²) in [6, 6.07) is 11.0. The topological polar surface area (TPSA) is 65.1 Å². The SMILES string of the molecule is CCOc1c(Br)cc(C(=O)OC(C)C(=O)N2CCCc3ccccc32)cc1OC. The summed E-state index contributed by atoms with van der Waals surface area (Å²) in [7, 11) is 1.50. The number of carbonyl (C=O) groups is 2. The molecule has 0 spiro atoms. The van der Waals surface area contributed by atoms with E-state index in [2.05, 4.69) is 15.9 Å². The van der Waals surface area contributed by atoms with Crippen molar-refractivity contribution < 1.29 is 23.8 Å². The van der Waals surface area contributed by atoms with Crippen LogP contribution in [0, 0.1) is 0 Å². The molecule has 1 aliphatic rings. The van der Waals surface area contributed by atoms with E-state index in [1.807, 2.05) is 31.2 Å². The highest BCUT2D eigenvalue weighted by Gasteiger charge is 2.29. The molecule has 1 heterocycles. The van der Waals surface area contributed by atoms with Gasteiger partial charge in [0.2, 0.25) is 0 Å². The van der Waals surface area contributed by atoms with Gasteiger partial charge in [-0.25, -0.2) is 4.79 Å². The molecule has 7 heteroatoms. The zero-order chi connectivity index (χ0) is 21.0. The molecular weight excluding hydrogens is 438 g/mol. The molecule has 0 radical (unpaired) electrons. The van der Waals surface area contributed by atoms with Gasteiger partial charge >= 0.3 is 5.97 Å². The van der Waals surface area contributed by atoms with Gasteiger partial charge in [-0.1, -0.05) is 18.2 Å². The van der Waals surface area contributed by atoms with Crippen molar-refractivity contribution in [3.63, 3.8) is 0 Å². The normalized spacial score (nSPS) is 14.0. The van der Waals surface area contributed by atoms with Crippen molar-refractivity contribution in [2.75, 3.05) is 25.2 Å². The first kappa shape index (κ1) is 21.2. The number of fused-ring (bicyclic) bond motifs is 1. The summed E-state index contributed by atoms with van der Waals surface area (Å²) in [5.41, 5.74) is 2.29. The van der Waals surface area contributed by atoms with Crippen LogP contribution in [0.3, 0.4) is 0 Å². The number of aryl methyl sites for hydroxylation is 1. The molecule has 1 atom stereocenters. The van der Waals surface area contributed by atoms with E-state index in [1.54, 1.807) is 24.0 Å². The van der Waals surface area contributed by atoms with Crippen molar-refractivity contribution in [1.29, 1.82) is 0 Å².